The van der Waals surface area contributed by atoms with Crippen molar-refractivity contribution in [2.24, 2.45) is 5.11 Å². The maximum absolute atomic E-state index is 13.2. The Morgan fingerprint density at radius 3 is 2.56 bits per heavy atom. The molecule has 1 aromatic carbocycles. The molecular formula is C10H10F2N4. The molecule has 0 unspecified atom stereocenters. The largest absolute Gasteiger partial charge is 0.399 e. The van der Waals surface area contributed by atoms with Gasteiger partial charge in [0.25, 0.3) is 0 Å². The molecule has 0 fully saturated rings. The molecule has 1 rings (SSSR count). The van der Waals surface area contributed by atoms with E-state index in [0.29, 0.717) is 6.42 Å². The Morgan fingerprint density at radius 2 is 2.00 bits per heavy atom. The highest BCUT2D eigenvalue weighted by Gasteiger charge is 2.06. The van der Waals surface area contributed by atoms with Crippen LogP contribution in [0.4, 0.5) is 14.5 Å². The van der Waals surface area contributed by atoms with E-state index in [4.69, 9.17) is 11.3 Å². The maximum Gasteiger partial charge on any atom is 0.135 e. The second-order valence-electron chi connectivity index (χ2n) is 3.04. The fourth-order valence-corrected chi connectivity index (χ4v) is 1.14. The van der Waals surface area contributed by atoms with Gasteiger partial charge in [-0.2, -0.15) is 0 Å². The molecule has 0 spiro atoms. The lowest BCUT2D eigenvalue weighted by atomic mass is 10.1. The molecule has 0 saturated heterocycles. The molecule has 0 atom stereocenters. The highest BCUT2D eigenvalue weighted by molar-refractivity contribution is 5.55. The van der Waals surface area contributed by atoms with Gasteiger partial charge in [-0.05, 0) is 24.1 Å². The lowest BCUT2D eigenvalue weighted by Gasteiger charge is -2.00. The minimum atomic E-state index is -0.711. The predicted octanol–water partition coefficient (Wildman–Crippen LogP) is 3.26. The molecule has 0 heterocycles. The molecule has 0 aliphatic rings. The molecule has 2 N–H and O–H groups in total. The van der Waals surface area contributed by atoms with Crippen molar-refractivity contribution in [2.45, 2.75) is 6.42 Å². The van der Waals surface area contributed by atoms with Crippen molar-refractivity contribution < 1.29 is 8.78 Å². The van der Waals surface area contributed by atoms with Gasteiger partial charge in [0.15, 0.2) is 0 Å². The Morgan fingerprint density at radius 1 is 1.38 bits per heavy atom. The molecule has 6 heteroatoms. The molecule has 0 amide bonds. The van der Waals surface area contributed by atoms with Gasteiger partial charge in [0.2, 0.25) is 0 Å². The highest BCUT2D eigenvalue weighted by atomic mass is 19.1. The molecule has 0 radical (unpaired) electrons. The summed E-state index contributed by atoms with van der Waals surface area (Å²) in [5.41, 5.74) is 13.2. The van der Waals surface area contributed by atoms with Crippen LogP contribution in [0.5, 0.6) is 0 Å². The van der Waals surface area contributed by atoms with Gasteiger partial charge in [0.05, 0.1) is 0 Å². The molecule has 84 valence electrons. The minimum Gasteiger partial charge on any atom is -0.399 e. The fourth-order valence-electron chi connectivity index (χ4n) is 1.14. The van der Waals surface area contributed by atoms with Crippen molar-refractivity contribution >= 4 is 11.8 Å². The van der Waals surface area contributed by atoms with Gasteiger partial charge in [-0.15, -0.1) is 0 Å². The van der Waals surface area contributed by atoms with Crippen LogP contribution in [0, 0.1) is 11.6 Å². The van der Waals surface area contributed by atoms with Crippen LogP contribution < -0.4 is 5.73 Å². The van der Waals surface area contributed by atoms with E-state index >= 15 is 0 Å². The Bertz CT molecular complexity index is 427. The number of nitrogens with two attached hydrogens (primary N) is 1. The van der Waals surface area contributed by atoms with Crippen LogP contribution >= 0.6 is 0 Å². The zero-order valence-corrected chi connectivity index (χ0v) is 8.40. The van der Waals surface area contributed by atoms with Crippen molar-refractivity contribution in [2.75, 3.05) is 12.3 Å². The smallest absolute Gasteiger partial charge is 0.135 e. The van der Waals surface area contributed by atoms with Gasteiger partial charge in [-0.25, -0.2) is 8.78 Å². The van der Waals surface area contributed by atoms with Gasteiger partial charge >= 0.3 is 0 Å². The van der Waals surface area contributed by atoms with Crippen LogP contribution in [0.3, 0.4) is 0 Å². The fraction of sp³-hybridized carbons (Fsp3) is 0.200. The third-order valence-electron chi connectivity index (χ3n) is 1.84. The van der Waals surface area contributed by atoms with Crippen LogP contribution in [0.15, 0.2) is 23.3 Å². The summed E-state index contributed by atoms with van der Waals surface area (Å²) >= 11 is 0. The number of hydrogen-bond acceptors (Lipinski definition) is 2. The second-order valence-corrected chi connectivity index (χ2v) is 3.04. The number of benzene rings is 1. The van der Waals surface area contributed by atoms with Crippen LogP contribution in [0.25, 0.3) is 16.5 Å². The lowest BCUT2D eigenvalue weighted by Crippen LogP contribution is -1.93. The number of nitrogen functional groups attached to an aromatic ring is 1. The molecule has 0 aliphatic carbocycles. The van der Waals surface area contributed by atoms with E-state index in [-0.39, 0.29) is 17.8 Å². The number of rotatable bonds is 4. The summed E-state index contributed by atoms with van der Waals surface area (Å²) in [7, 11) is 0. The van der Waals surface area contributed by atoms with Gasteiger partial charge in [-0.3, -0.25) is 0 Å². The van der Waals surface area contributed by atoms with Gasteiger partial charge in [-0.1, -0.05) is 17.3 Å². The van der Waals surface area contributed by atoms with E-state index in [2.05, 4.69) is 10.0 Å². The van der Waals surface area contributed by atoms with Crippen LogP contribution in [0.1, 0.15) is 12.0 Å². The first-order valence-corrected chi connectivity index (χ1v) is 4.57. The zero-order valence-electron chi connectivity index (χ0n) is 8.40. The maximum atomic E-state index is 13.2. The average molecular weight is 224 g/mol. The van der Waals surface area contributed by atoms with E-state index < -0.39 is 11.6 Å². The molecule has 4 nitrogen and oxygen atoms in total. The monoisotopic (exact) mass is 224 g/mol. The summed E-state index contributed by atoms with van der Waals surface area (Å²) in [6.07, 6.45) is 3.26. The van der Waals surface area contributed by atoms with Crippen LogP contribution in [-0.4, -0.2) is 6.54 Å². The molecule has 1 aromatic rings. The third kappa shape index (κ3) is 3.25. The van der Waals surface area contributed by atoms with Gasteiger partial charge in [0.1, 0.15) is 11.6 Å². The van der Waals surface area contributed by atoms with E-state index in [1.54, 1.807) is 0 Å². The Hall–Kier alpha value is -2.07. The Balaban J connectivity index is 2.77. The van der Waals surface area contributed by atoms with Crippen molar-refractivity contribution in [3.8, 4) is 0 Å². The van der Waals surface area contributed by atoms with Crippen molar-refractivity contribution in [3.05, 3.63) is 45.8 Å². The number of azide groups is 1. The molecule has 16 heavy (non-hydrogen) atoms. The topological polar surface area (TPSA) is 74.8 Å². The van der Waals surface area contributed by atoms with Crippen molar-refractivity contribution in [3.63, 3.8) is 0 Å². The summed E-state index contributed by atoms with van der Waals surface area (Å²) < 4.78 is 26.5. The van der Waals surface area contributed by atoms with E-state index in [0.717, 1.165) is 12.1 Å². The molecule has 0 bridgehead atoms. The van der Waals surface area contributed by atoms with E-state index in [9.17, 15) is 8.78 Å². The summed E-state index contributed by atoms with van der Waals surface area (Å²) in [5.74, 6) is -1.42. The second kappa shape index (κ2) is 5.72. The summed E-state index contributed by atoms with van der Waals surface area (Å²) in [4.78, 5) is 2.55. The average Bonchev–Trinajstić information content (AvgIpc) is 2.20. The van der Waals surface area contributed by atoms with Crippen LogP contribution in [-0.2, 0) is 0 Å². The first-order chi connectivity index (χ1) is 7.65. The Kier molecular flexibility index (Phi) is 4.29. The SMILES string of the molecule is [N-]=[N+]=NCCC=Cc1c(F)cc(N)cc1F. The predicted molar refractivity (Wildman–Crippen MR) is 58.4 cm³/mol. The van der Waals surface area contributed by atoms with Gasteiger partial charge < -0.3 is 5.73 Å². The summed E-state index contributed by atoms with van der Waals surface area (Å²) in [6, 6.07) is 2.10. The summed E-state index contributed by atoms with van der Waals surface area (Å²) in [5, 5.41) is 3.28. The number of anilines is 1. The van der Waals surface area contributed by atoms with Gasteiger partial charge in [0, 0.05) is 22.7 Å². The first-order valence-electron chi connectivity index (χ1n) is 4.57. The Labute approximate surface area is 91.0 Å². The summed E-state index contributed by atoms with van der Waals surface area (Å²) in [6.45, 7) is 0.255. The number of hydrogen-bond donors (Lipinski definition) is 1. The normalized spacial score (nSPS) is 10.4. The molecule has 0 aromatic heterocycles. The first kappa shape index (κ1) is 12.0. The van der Waals surface area contributed by atoms with Crippen molar-refractivity contribution in [1.29, 1.82) is 0 Å². The minimum absolute atomic E-state index is 0.0428. The highest BCUT2D eigenvalue weighted by Crippen LogP contribution is 2.18. The molecular weight excluding hydrogens is 214 g/mol. The molecule has 0 saturated carbocycles. The van der Waals surface area contributed by atoms with E-state index in [1.165, 1.54) is 12.2 Å². The number of nitrogens with zero attached hydrogens (tertiary/aromatic N) is 3. The van der Waals surface area contributed by atoms with Crippen molar-refractivity contribution in [1.82, 2.24) is 0 Å². The molecule has 0 aliphatic heterocycles. The number of halogens is 2. The van der Waals surface area contributed by atoms with E-state index in [1.807, 2.05) is 0 Å². The lowest BCUT2D eigenvalue weighted by molar-refractivity contribution is 0.580. The quantitative estimate of drug-likeness (QED) is 0.275. The third-order valence-corrected chi connectivity index (χ3v) is 1.84. The standard InChI is InChI=1S/C10H10F2N4/c11-9-5-7(13)6-10(12)8(9)3-1-2-4-15-16-14/h1,3,5-6H,2,4,13H2. The van der Waals surface area contributed by atoms with Crippen LogP contribution in [0.2, 0.25) is 0 Å². The zero-order chi connectivity index (χ0) is 12.0.